The highest BCUT2D eigenvalue weighted by Gasteiger charge is 2.44. The molecule has 2 aromatic carbocycles. The van der Waals surface area contributed by atoms with Crippen molar-refractivity contribution in [2.45, 2.75) is 82.6 Å². The maximum atomic E-state index is 14.9. The number of para-hydroxylation sites is 1. The lowest BCUT2D eigenvalue weighted by atomic mass is 9.71. The van der Waals surface area contributed by atoms with Gasteiger partial charge in [0.05, 0.1) is 17.6 Å². The Morgan fingerprint density at radius 3 is 2.45 bits per heavy atom. The van der Waals surface area contributed by atoms with E-state index in [1.54, 1.807) is 11.3 Å². The van der Waals surface area contributed by atoms with Crippen LogP contribution in [-0.4, -0.2) is 122 Å². The number of likely N-dealkylation sites (N-methyl/N-ethyl adjacent to an activating group) is 1. The first-order valence-corrected chi connectivity index (χ1v) is 20.8. The Morgan fingerprint density at radius 2 is 1.72 bits per heavy atom. The molecular formula is C42H59ClN6O3S. The molecule has 2 saturated heterocycles. The number of halogens is 1. The number of rotatable bonds is 16. The van der Waals surface area contributed by atoms with Gasteiger partial charge < -0.3 is 19.9 Å². The zero-order chi connectivity index (χ0) is 37.2. The topological polar surface area (TPSA) is 71.6 Å². The fraction of sp³-hybridized carbons (Fsp3) is 0.571. The van der Waals surface area contributed by atoms with Crippen LogP contribution in [0.15, 0.2) is 72.1 Å². The molecule has 1 N–H and O–H groups in total. The molecule has 3 fully saturated rings. The Morgan fingerprint density at radius 1 is 0.943 bits per heavy atom. The van der Waals surface area contributed by atoms with Crippen molar-refractivity contribution in [1.29, 1.82) is 0 Å². The van der Waals surface area contributed by atoms with Crippen LogP contribution in [0.1, 0.15) is 61.8 Å². The van der Waals surface area contributed by atoms with Crippen LogP contribution in [0.2, 0.25) is 5.02 Å². The molecular weight excluding hydrogens is 704 g/mol. The van der Waals surface area contributed by atoms with E-state index in [1.165, 1.54) is 24.8 Å². The summed E-state index contributed by atoms with van der Waals surface area (Å²) in [5.41, 5.74) is 1.77. The van der Waals surface area contributed by atoms with Crippen LogP contribution in [0.25, 0.3) is 0 Å². The fourth-order valence-corrected chi connectivity index (χ4v) is 9.46. The molecule has 0 radical (unpaired) electrons. The van der Waals surface area contributed by atoms with Crippen molar-refractivity contribution in [1.82, 2.24) is 29.8 Å². The van der Waals surface area contributed by atoms with Crippen LogP contribution in [0, 0.1) is 5.41 Å². The molecule has 11 heteroatoms. The van der Waals surface area contributed by atoms with Crippen molar-refractivity contribution in [3.05, 3.63) is 87.6 Å². The predicted molar refractivity (Wildman–Crippen MR) is 215 cm³/mol. The number of likely N-dealkylation sites (tertiary alicyclic amines) is 1. The number of nitrogens with zero attached hydrogens (tertiary/aromatic N) is 5. The second-order valence-electron chi connectivity index (χ2n) is 15.8. The number of carbonyl (C=O) groups is 2. The largest absolute Gasteiger partial charge is 0.477 e. The Bertz CT molecular complexity index is 1580. The van der Waals surface area contributed by atoms with Crippen molar-refractivity contribution in [3.63, 3.8) is 0 Å². The predicted octanol–water partition coefficient (Wildman–Crippen LogP) is 6.43. The normalized spacial score (nSPS) is 23.2. The summed E-state index contributed by atoms with van der Waals surface area (Å²) in [6, 6.07) is 21.7. The van der Waals surface area contributed by atoms with Crippen molar-refractivity contribution >= 4 is 34.8 Å². The summed E-state index contributed by atoms with van der Waals surface area (Å²) in [6.45, 7) is 6.57. The number of hydrogen-bond donors (Lipinski definition) is 1. The Hall–Kier alpha value is -2.99. The number of benzene rings is 2. The molecule has 9 nitrogen and oxygen atoms in total. The van der Waals surface area contributed by atoms with Crippen LogP contribution in [-0.2, 0) is 22.7 Å². The van der Waals surface area contributed by atoms with Crippen LogP contribution in [0.4, 0.5) is 0 Å². The van der Waals surface area contributed by atoms with Gasteiger partial charge in [0, 0.05) is 43.6 Å². The minimum atomic E-state index is -0.618. The number of piperazine rings is 1. The molecule has 288 valence electrons. The van der Waals surface area contributed by atoms with Gasteiger partial charge >= 0.3 is 0 Å². The number of nitrogens with one attached hydrogen (secondary N) is 1. The van der Waals surface area contributed by atoms with E-state index < -0.39 is 6.04 Å². The summed E-state index contributed by atoms with van der Waals surface area (Å²) in [5.74, 6) is 0.571. The summed E-state index contributed by atoms with van der Waals surface area (Å²) in [6.07, 6.45) is 8.66. The molecule has 1 aliphatic carbocycles. The highest BCUT2D eigenvalue weighted by molar-refractivity contribution is 7.09. The standard InChI is InChI=1S/C42H59ClN6O3S/c1-45(2)23-10-9-16-37(46(3)34-18-20-42(21-19-34)22-24-47(31-42)29-33-12-5-4-6-13-33)41(51)49-26-25-48(32-52-39-17-8-7-15-36(39)43)30-38(49)40(50)44-28-35-14-11-27-53-35/h4-8,11-15,17,27,34,37-38H,9-10,16,18-26,28-32H2,1-3H3,(H,44,50)/t34?,37-,38+,42?/m1/s1. The van der Waals surface area contributed by atoms with Gasteiger partial charge in [0.25, 0.3) is 0 Å². The molecule has 2 atom stereocenters. The van der Waals surface area contributed by atoms with E-state index in [0.29, 0.717) is 55.1 Å². The van der Waals surface area contributed by atoms with E-state index in [1.807, 2.05) is 46.7 Å². The number of carbonyl (C=O) groups excluding carboxylic acids is 2. The van der Waals surface area contributed by atoms with Crippen LogP contribution in [0.3, 0.4) is 0 Å². The van der Waals surface area contributed by atoms with Crippen molar-refractivity contribution in [2.75, 3.05) is 67.1 Å². The molecule has 2 amide bonds. The number of unbranched alkanes of at least 4 members (excludes halogenated alkanes) is 1. The third-order valence-corrected chi connectivity index (χ3v) is 13.0. The van der Waals surface area contributed by atoms with Gasteiger partial charge in [0.15, 0.2) is 0 Å². The number of amides is 2. The summed E-state index contributed by atoms with van der Waals surface area (Å²) in [4.78, 5) is 41.2. The lowest BCUT2D eigenvalue weighted by molar-refractivity contribution is -0.150. The minimum absolute atomic E-state index is 0.0792. The lowest BCUT2D eigenvalue weighted by Gasteiger charge is -2.46. The summed E-state index contributed by atoms with van der Waals surface area (Å²) in [7, 11) is 6.38. The van der Waals surface area contributed by atoms with E-state index in [0.717, 1.165) is 63.2 Å². The van der Waals surface area contributed by atoms with Crippen molar-refractivity contribution in [3.8, 4) is 5.75 Å². The van der Waals surface area contributed by atoms with Gasteiger partial charge in [0.1, 0.15) is 18.5 Å². The quantitative estimate of drug-likeness (QED) is 0.169. The third kappa shape index (κ3) is 10.8. The van der Waals surface area contributed by atoms with Gasteiger partial charge in [-0.1, -0.05) is 66.6 Å². The second-order valence-corrected chi connectivity index (χ2v) is 17.2. The Balaban J connectivity index is 1.13. The molecule has 0 unspecified atom stereocenters. The summed E-state index contributed by atoms with van der Waals surface area (Å²) >= 11 is 8.00. The van der Waals surface area contributed by atoms with Crippen LogP contribution < -0.4 is 10.1 Å². The first-order valence-electron chi connectivity index (χ1n) is 19.5. The first-order chi connectivity index (χ1) is 25.7. The van der Waals surface area contributed by atoms with E-state index in [4.69, 9.17) is 16.3 Å². The highest BCUT2D eigenvalue weighted by atomic mass is 35.5. The number of thiophene rings is 1. The summed E-state index contributed by atoms with van der Waals surface area (Å²) in [5, 5.41) is 5.72. The second kappa shape index (κ2) is 19.0. The van der Waals surface area contributed by atoms with E-state index >= 15 is 0 Å². The zero-order valence-corrected chi connectivity index (χ0v) is 33.5. The summed E-state index contributed by atoms with van der Waals surface area (Å²) < 4.78 is 6.09. The maximum absolute atomic E-state index is 14.9. The molecule has 3 aliphatic rings. The first kappa shape index (κ1) is 39.7. The van der Waals surface area contributed by atoms with Gasteiger partial charge in [-0.3, -0.25) is 24.3 Å². The molecule has 2 aliphatic heterocycles. The average molecular weight is 763 g/mol. The molecule has 53 heavy (non-hydrogen) atoms. The van der Waals surface area contributed by atoms with E-state index in [-0.39, 0.29) is 17.9 Å². The van der Waals surface area contributed by atoms with Crippen molar-refractivity contribution in [2.24, 2.45) is 5.41 Å². The third-order valence-electron chi connectivity index (χ3n) is 11.8. The number of ether oxygens (including phenoxy) is 1. The van der Waals surface area contributed by atoms with Gasteiger partial charge in [-0.2, -0.15) is 0 Å². The molecule has 3 heterocycles. The van der Waals surface area contributed by atoms with Gasteiger partial charge in [-0.15, -0.1) is 11.3 Å². The van der Waals surface area contributed by atoms with Crippen LogP contribution >= 0.6 is 22.9 Å². The fourth-order valence-electron chi connectivity index (χ4n) is 8.62. The SMILES string of the molecule is CN(C)CCCC[C@H](C(=O)N1CCN(COc2ccccc2Cl)C[C@H]1C(=O)NCc1cccs1)N(C)C1CCC2(CC1)CCN(Cc1ccccc1)C2. The van der Waals surface area contributed by atoms with E-state index in [2.05, 4.69) is 76.4 Å². The monoisotopic (exact) mass is 762 g/mol. The molecule has 1 spiro atoms. The zero-order valence-electron chi connectivity index (χ0n) is 31.9. The van der Waals surface area contributed by atoms with Gasteiger partial charge in [0.2, 0.25) is 11.8 Å². The van der Waals surface area contributed by atoms with Crippen molar-refractivity contribution < 1.29 is 14.3 Å². The van der Waals surface area contributed by atoms with Gasteiger partial charge in [-0.25, -0.2) is 0 Å². The molecule has 0 bridgehead atoms. The van der Waals surface area contributed by atoms with Crippen LogP contribution in [0.5, 0.6) is 5.75 Å². The van der Waals surface area contributed by atoms with E-state index in [9.17, 15) is 9.59 Å². The molecule has 1 saturated carbocycles. The van der Waals surface area contributed by atoms with Gasteiger partial charge in [-0.05, 0) is 114 Å². The minimum Gasteiger partial charge on any atom is -0.477 e. The Labute approximate surface area is 326 Å². The molecule has 3 aromatic rings. The maximum Gasteiger partial charge on any atom is 0.244 e. The number of hydrogen-bond acceptors (Lipinski definition) is 8. The Kier molecular flexibility index (Phi) is 14.3. The lowest BCUT2D eigenvalue weighted by Crippen LogP contribution is -2.64. The highest BCUT2D eigenvalue weighted by Crippen LogP contribution is 2.45. The smallest absolute Gasteiger partial charge is 0.244 e. The average Bonchev–Trinajstić information content (AvgIpc) is 3.84. The molecule has 1 aromatic heterocycles. The molecule has 6 rings (SSSR count).